The van der Waals surface area contributed by atoms with Crippen LogP contribution in [-0.4, -0.2) is 40.0 Å². The Hall–Kier alpha value is -3.11. The van der Waals surface area contributed by atoms with E-state index in [-0.39, 0.29) is 17.6 Å². The predicted octanol–water partition coefficient (Wildman–Crippen LogP) is 2.63. The Bertz CT molecular complexity index is 1220. The number of nitrogens with zero attached hydrogens (tertiary/aromatic N) is 3. The van der Waals surface area contributed by atoms with Gasteiger partial charge in [-0.1, -0.05) is 12.1 Å². The van der Waals surface area contributed by atoms with Gasteiger partial charge in [-0.15, -0.1) is 0 Å². The number of benzene rings is 1. The van der Waals surface area contributed by atoms with E-state index in [1.807, 2.05) is 17.0 Å². The lowest BCUT2D eigenvalue weighted by Gasteiger charge is -2.21. The second kappa shape index (κ2) is 7.24. The van der Waals surface area contributed by atoms with Crippen molar-refractivity contribution in [3.63, 3.8) is 0 Å². The largest absolute Gasteiger partial charge is 0.406 e. The van der Waals surface area contributed by atoms with E-state index >= 15 is 0 Å². The molecule has 0 saturated carbocycles. The van der Waals surface area contributed by atoms with Crippen LogP contribution < -0.4 is 21.3 Å². The molecule has 3 N–H and O–H groups in total. The van der Waals surface area contributed by atoms with Gasteiger partial charge in [0.2, 0.25) is 0 Å². The standard InChI is InChI=1S/C21H20F3N5O2/c22-21(23,24)11-29-17-8-12(3-4-15(17)18-16(20(29)31)9-26-27-18)14-2-1-6-25-19(14)28-7-5-13(30)10-28/h1-4,6,8,13,26-27,30H,5,7,9-11H2. The lowest BCUT2D eigenvalue weighted by Crippen LogP contribution is -2.30. The Morgan fingerprint density at radius 2 is 2.10 bits per heavy atom. The summed E-state index contributed by atoms with van der Waals surface area (Å²) in [5.74, 6) is 0.657. The average Bonchev–Trinajstić information content (AvgIpc) is 3.39. The normalized spacial score (nSPS) is 18.5. The molecule has 2 aromatic heterocycles. The summed E-state index contributed by atoms with van der Waals surface area (Å²) in [5, 5.41) is 10.4. The van der Waals surface area contributed by atoms with E-state index in [1.165, 1.54) is 0 Å². The van der Waals surface area contributed by atoms with E-state index in [9.17, 15) is 23.1 Å². The van der Waals surface area contributed by atoms with Crippen molar-refractivity contribution in [3.05, 3.63) is 52.4 Å². The second-order valence-electron chi connectivity index (χ2n) is 7.83. The van der Waals surface area contributed by atoms with Crippen molar-refractivity contribution in [2.24, 2.45) is 0 Å². The van der Waals surface area contributed by atoms with Crippen molar-refractivity contribution in [1.29, 1.82) is 0 Å². The van der Waals surface area contributed by atoms with E-state index < -0.39 is 24.4 Å². The summed E-state index contributed by atoms with van der Waals surface area (Å²) in [4.78, 5) is 19.3. The fourth-order valence-corrected chi connectivity index (χ4v) is 4.35. The summed E-state index contributed by atoms with van der Waals surface area (Å²) in [5.41, 5.74) is 7.45. The summed E-state index contributed by atoms with van der Waals surface area (Å²) >= 11 is 0. The molecule has 162 valence electrons. The topological polar surface area (TPSA) is 82.4 Å². The number of fused-ring (bicyclic) bond motifs is 3. The predicted molar refractivity (Wildman–Crippen MR) is 111 cm³/mol. The molecule has 7 nitrogen and oxygen atoms in total. The highest BCUT2D eigenvalue weighted by atomic mass is 19.4. The zero-order valence-electron chi connectivity index (χ0n) is 16.4. The third-order valence-corrected chi connectivity index (χ3v) is 5.74. The molecule has 1 aromatic carbocycles. The molecular formula is C21H20F3N5O2. The van der Waals surface area contributed by atoms with Crippen LogP contribution in [0.2, 0.25) is 0 Å². The minimum Gasteiger partial charge on any atom is -0.391 e. The van der Waals surface area contributed by atoms with Crippen LogP contribution in [0, 0.1) is 0 Å². The van der Waals surface area contributed by atoms with Crippen LogP contribution in [0.15, 0.2) is 41.3 Å². The summed E-state index contributed by atoms with van der Waals surface area (Å²) in [6.45, 7) is -0.120. The Morgan fingerprint density at radius 1 is 1.26 bits per heavy atom. The van der Waals surface area contributed by atoms with E-state index in [2.05, 4.69) is 15.8 Å². The number of halogens is 3. The molecule has 5 rings (SSSR count). The molecule has 0 spiro atoms. The highest BCUT2D eigenvalue weighted by molar-refractivity contribution is 5.97. The Kier molecular flexibility index (Phi) is 4.63. The smallest absolute Gasteiger partial charge is 0.391 e. The third-order valence-electron chi connectivity index (χ3n) is 5.74. The number of alkyl halides is 3. The van der Waals surface area contributed by atoms with Crippen molar-refractivity contribution < 1.29 is 18.3 Å². The molecule has 31 heavy (non-hydrogen) atoms. The molecule has 2 aliphatic rings. The number of hydrazine groups is 1. The highest BCUT2D eigenvalue weighted by Crippen LogP contribution is 2.35. The van der Waals surface area contributed by atoms with Gasteiger partial charge in [-0.25, -0.2) is 10.4 Å². The van der Waals surface area contributed by atoms with Gasteiger partial charge in [-0.05, 0) is 30.2 Å². The number of nitrogens with one attached hydrogen (secondary N) is 2. The summed E-state index contributed by atoms with van der Waals surface area (Å²) < 4.78 is 40.7. The van der Waals surface area contributed by atoms with Gasteiger partial charge in [0.15, 0.2) is 0 Å². The SMILES string of the molecule is O=c1c2c(c3ccc(-c4cccnc4N4CCC(O)C4)cc3n1CC(F)(F)F)NNC2. The quantitative estimate of drug-likeness (QED) is 0.592. The molecular weight excluding hydrogens is 411 g/mol. The number of aliphatic hydroxyl groups is 1. The van der Waals surface area contributed by atoms with Gasteiger partial charge >= 0.3 is 6.18 Å². The van der Waals surface area contributed by atoms with Crippen LogP contribution in [0.3, 0.4) is 0 Å². The van der Waals surface area contributed by atoms with Crippen LogP contribution in [-0.2, 0) is 13.1 Å². The zero-order valence-corrected chi connectivity index (χ0v) is 16.4. The molecule has 1 saturated heterocycles. The number of aromatic nitrogens is 2. The van der Waals surface area contributed by atoms with E-state index in [1.54, 1.807) is 24.4 Å². The maximum Gasteiger partial charge on any atom is 0.406 e. The van der Waals surface area contributed by atoms with Gasteiger partial charge in [-0.2, -0.15) is 13.2 Å². The Morgan fingerprint density at radius 3 is 2.84 bits per heavy atom. The van der Waals surface area contributed by atoms with Crippen LogP contribution >= 0.6 is 0 Å². The number of β-amino-alcohol motifs (C(OH)–C–C–N with tert-alkyl or cyclic N) is 1. The van der Waals surface area contributed by atoms with Crippen LogP contribution in [0.4, 0.5) is 24.7 Å². The fraction of sp³-hybridized carbons (Fsp3) is 0.333. The summed E-state index contributed by atoms with van der Waals surface area (Å²) in [7, 11) is 0. The monoisotopic (exact) mass is 431 g/mol. The lowest BCUT2D eigenvalue weighted by molar-refractivity contribution is -0.140. The van der Waals surface area contributed by atoms with Crippen LogP contribution in [0.25, 0.3) is 22.0 Å². The maximum absolute atomic E-state index is 13.3. The molecule has 0 aliphatic carbocycles. The van der Waals surface area contributed by atoms with Crippen molar-refractivity contribution >= 4 is 22.4 Å². The number of anilines is 2. The first-order valence-corrected chi connectivity index (χ1v) is 9.95. The number of rotatable bonds is 3. The second-order valence-corrected chi connectivity index (χ2v) is 7.83. The number of hydrogen-bond acceptors (Lipinski definition) is 6. The molecule has 1 atom stereocenters. The van der Waals surface area contributed by atoms with Crippen LogP contribution in [0.5, 0.6) is 0 Å². The first-order valence-electron chi connectivity index (χ1n) is 9.95. The van der Waals surface area contributed by atoms with Crippen LogP contribution in [0.1, 0.15) is 12.0 Å². The molecule has 4 heterocycles. The van der Waals surface area contributed by atoms with E-state index in [0.717, 1.165) is 10.1 Å². The Balaban J connectivity index is 1.71. The average molecular weight is 431 g/mol. The first kappa shape index (κ1) is 19.8. The number of pyridine rings is 2. The maximum atomic E-state index is 13.3. The van der Waals surface area contributed by atoms with E-state index in [4.69, 9.17) is 0 Å². The van der Waals surface area contributed by atoms with Crippen molar-refractivity contribution in [3.8, 4) is 11.1 Å². The van der Waals surface area contributed by atoms with E-state index in [0.29, 0.717) is 42.0 Å². The van der Waals surface area contributed by atoms with Crippen molar-refractivity contribution in [2.45, 2.75) is 31.8 Å². The molecule has 0 radical (unpaired) electrons. The van der Waals surface area contributed by atoms with Crippen molar-refractivity contribution in [2.75, 3.05) is 23.4 Å². The molecule has 2 aliphatic heterocycles. The third kappa shape index (κ3) is 3.51. The van der Waals surface area contributed by atoms with Gasteiger partial charge in [-0.3, -0.25) is 9.36 Å². The Labute approximate surface area is 175 Å². The van der Waals surface area contributed by atoms with Gasteiger partial charge < -0.3 is 15.4 Å². The fourth-order valence-electron chi connectivity index (χ4n) is 4.35. The minimum atomic E-state index is -4.54. The molecule has 0 amide bonds. The molecule has 1 fully saturated rings. The summed E-state index contributed by atoms with van der Waals surface area (Å²) in [6, 6.07) is 8.75. The van der Waals surface area contributed by atoms with Gasteiger partial charge in [0.1, 0.15) is 12.4 Å². The molecule has 10 heteroatoms. The molecule has 0 bridgehead atoms. The first-order chi connectivity index (χ1) is 14.8. The summed E-state index contributed by atoms with van der Waals surface area (Å²) in [6.07, 6.45) is -2.70. The van der Waals surface area contributed by atoms with Gasteiger partial charge in [0.05, 0.1) is 22.9 Å². The number of hydrogen-bond donors (Lipinski definition) is 3. The number of aliphatic hydroxyl groups excluding tert-OH is 1. The minimum absolute atomic E-state index is 0.160. The van der Waals surface area contributed by atoms with Crippen molar-refractivity contribution in [1.82, 2.24) is 15.0 Å². The highest BCUT2D eigenvalue weighted by Gasteiger charge is 2.32. The lowest BCUT2D eigenvalue weighted by atomic mass is 10.0. The molecule has 3 aromatic rings. The molecule has 1 unspecified atom stereocenters. The zero-order chi connectivity index (χ0) is 21.8. The van der Waals surface area contributed by atoms with Gasteiger partial charge in [0.25, 0.3) is 5.56 Å². The van der Waals surface area contributed by atoms with Gasteiger partial charge in [0, 0.05) is 36.8 Å².